The molecule has 1 aliphatic heterocycles. The fraction of sp³-hybridized carbons (Fsp3) is 0.116. The summed E-state index contributed by atoms with van der Waals surface area (Å²) in [5.74, 6) is -1.87. The smallest absolute Gasteiger partial charge is 0.354 e. The zero-order valence-electron chi connectivity index (χ0n) is 30.0. The molecular weight excluding hydrogens is 758 g/mol. The van der Waals surface area contributed by atoms with Crippen LogP contribution in [0.1, 0.15) is 38.8 Å². The summed E-state index contributed by atoms with van der Waals surface area (Å²) < 4.78 is 4.81. The first-order chi connectivity index (χ1) is 26.9. The molecule has 1 aliphatic rings. The lowest BCUT2D eigenvalue weighted by Crippen LogP contribution is -2.20. The molecule has 1 unspecified atom stereocenters. The summed E-state index contributed by atoms with van der Waals surface area (Å²) in [7, 11) is 0. The number of rotatable bonds is 9. The van der Waals surface area contributed by atoms with Crippen LogP contribution in [0.3, 0.4) is 0 Å². The molecule has 11 nitrogen and oxygen atoms in total. The van der Waals surface area contributed by atoms with Gasteiger partial charge in [0.2, 0.25) is 0 Å². The number of hydrogen-bond acceptors (Lipinski definition) is 6. The van der Waals surface area contributed by atoms with Crippen molar-refractivity contribution >= 4 is 34.1 Å². The minimum atomic E-state index is -0.955. The zero-order valence-corrected chi connectivity index (χ0v) is 31.6. The van der Waals surface area contributed by atoms with Crippen molar-refractivity contribution in [3.63, 3.8) is 0 Å². The van der Waals surface area contributed by atoms with Crippen molar-refractivity contribution in [3.8, 4) is 0 Å². The normalized spacial score (nSPS) is 11.2. The molecule has 8 rings (SSSR count). The third-order valence-electron chi connectivity index (χ3n) is 7.53. The lowest BCUT2D eigenvalue weighted by Gasteiger charge is -2.12. The van der Waals surface area contributed by atoms with E-state index >= 15 is 0 Å². The van der Waals surface area contributed by atoms with E-state index < -0.39 is 18.0 Å². The maximum atomic E-state index is 11.1. The van der Waals surface area contributed by atoms with Crippen LogP contribution in [-0.4, -0.2) is 64.3 Å². The fourth-order valence-corrected chi connectivity index (χ4v) is 5.28. The number of aliphatic imine (C=N–C) groups is 1. The summed E-state index contributed by atoms with van der Waals surface area (Å²) >= 11 is 3.36. The molecule has 0 spiro atoms. The third kappa shape index (κ3) is 15.1. The van der Waals surface area contributed by atoms with Crippen LogP contribution in [-0.2, 0) is 23.2 Å². The average molecular weight is 801 g/mol. The van der Waals surface area contributed by atoms with E-state index in [1.807, 2.05) is 114 Å². The molecule has 0 fully saturated rings. The Morgan fingerprint density at radius 2 is 1.20 bits per heavy atom. The van der Waals surface area contributed by atoms with E-state index in [-0.39, 0.29) is 5.69 Å². The van der Waals surface area contributed by atoms with E-state index in [9.17, 15) is 9.59 Å². The summed E-state index contributed by atoms with van der Waals surface area (Å²) in [4.78, 5) is 25.8. The Kier molecular flexibility index (Phi) is 17.8. The Hall–Kier alpha value is -6.66. The van der Waals surface area contributed by atoms with Gasteiger partial charge in [-0.25, -0.2) is 9.59 Å². The number of carboxylic acids is 2. The first-order valence-corrected chi connectivity index (χ1v) is 18.4. The highest BCUT2D eigenvalue weighted by molar-refractivity contribution is 9.08. The van der Waals surface area contributed by atoms with Gasteiger partial charge < -0.3 is 10.2 Å². The lowest BCUT2D eigenvalue weighted by molar-refractivity contribution is -0.139. The van der Waals surface area contributed by atoms with Gasteiger partial charge in [0.1, 0.15) is 5.69 Å². The molecular formula is C43H42BrN7O4. The maximum absolute atomic E-state index is 11.1. The van der Waals surface area contributed by atoms with Crippen LogP contribution < -0.4 is 0 Å². The Bertz CT molecular complexity index is 2110. The number of aromatic nitrogens is 6. The molecule has 0 aliphatic carbocycles. The van der Waals surface area contributed by atoms with Gasteiger partial charge in [0.15, 0.2) is 6.04 Å². The highest BCUT2D eigenvalue weighted by atomic mass is 79.9. The molecule has 12 heteroatoms. The summed E-state index contributed by atoms with van der Waals surface area (Å²) in [6.45, 7) is 2.23. The van der Waals surface area contributed by atoms with E-state index in [2.05, 4.69) is 60.5 Å². The van der Waals surface area contributed by atoms with Crippen LogP contribution in [0.25, 0.3) is 0 Å². The number of carbonyl (C=O) groups is 2. The van der Waals surface area contributed by atoms with Crippen LogP contribution in [0.2, 0.25) is 0 Å². The largest absolute Gasteiger partial charge is 0.479 e. The van der Waals surface area contributed by atoms with Crippen LogP contribution >= 0.6 is 15.9 Å². The zero-order chi connectivity index (χ0) is 38.9. The van der Waals surface area contributed by atoms with E-state index in [4.69, 9.17) is 10.2 Å². The summed E-state index contributed by atoms with van der Waals surface area (Å²) in [6, 6.07) is 43.6. The molecule has 0 amide bonds. The predicted octanol–water partition coefficient (Wildman–Crippen LogP) is 8.33. The van der Waals surface area contributed by atoms with Gasteiger partial charge in [-0.15, -0.1) is 0 Å². The standard InChI is InChI=1S/2C11H10N2O2.C10H10N2.C7H7Br.C4H5N/c14-11(15)10(13-8-4-7-12-13)9-5-2-1-3-6-9;14-11(15)10-6-7-12-13(10)8-9-4-2-1-3-5-9;1-2-5-10(6-3-1)9-12-8-4-7-11-12;8-6-7-4-2-1-3-5-7;1-2-4-5-3-1/h1-8,10H,(H,14,15);1-7H,8H2,(H,14,15);1-8H,9H2;1-5H,6H2;1-3H,4H2. The van der Waals surface area contributed by atoms with Crippen molar-refractivity contribution < 1.29 is 19.8 Å². The van der Waals surface area contributed by atoms with E-state index in [0.29, 0.717) is 12.1 Å². The van der Waals surface area contributed by atoms with Crippen molar-refractivity contribution in [1.82, 2.24) is 29.3 Å². The first kappa shape index (κ1) is 41.1. The van der Waals surface area contributed by atoms with E-state index in [1.165, 1.54) is 32.8 Å². The number of hydrogen-bond donors (Lipinski definition) is 2. The van der Waals surface area contributed by atoms with Gasteiger partial charge in [0.05, 0.1) is 19.6 Å². The number of halogens is 1. The summed E-state index contributed by atoms with van der Waals surface area (Å²) in [6.07, 6.45) is 14.2. The van der Waals surface area contributed by atoms with Gasteiger partial charge in [0, 0.05) is 42.5 Å². The second-order valence-corrected chi connectivity index (χ2v) is 12.1. The Labute approximate surface area is 328 Å². The molecule has 0 saturated carbocycles. The summed E-state index contributed by atoms with van der Waals surface area (Å²) in [5.41, 5.74) is 4.56. The SMILES string of the molecule is BrCc1ccccc1.C1=CCN=C1.O=C(O)C(c1ccccc1)n1cccn1.O=C(O)c1ccnn1Cc1ccccc1.c1ccc(Cn2cccn2)cc1. The molecule has 4 heterocycles. The number of allylic oxidation sites excluding steroid dienone is 1. The Morgan fingerprint density at radius 3 is 1.64 bits per heavy atom. The van der Waals surface area contributed by atoms with Gasteiger partial charge in [-0.2, -0.15) is 15.3 Å². The number of carboxylic acid groups (broad SMARTS) is 2. The Balaban J connectivity index is 0.000000159. The number of benzene rings is 4. The van der Waals surface area contributed by atoms with Crippen LogP contribution in [0.5, 0.6) is 0 Å². The fourth-order valence-electron chi connectivity index (χ4n) is 4.91. The minimum Gasteiger partial charge on any atom is -0.479 e. The monoisotopic (exact) mass is 799 g/mol. The van der Waals surface area contributed by atoms with Crippen molar-refractivity contribution in [2.75, 3.05) is 6.54 Å². The predicted molar refractivity (Wildman–Crippen MR) is 219 cm³/mol. The van der Waals surface area contributed by atoms with Gasteiger partial charge in [0.25, 0.3) is 0 Å². The molecule has 0 bridgehead atoms. The minimum absolute atomic E-state index is 0.207. The molecule has 0 saturated heterocycles. The molecule has 7 aromatic rings. The van der Waals surface area contributed by atoms with Crippen molar-refractivity contribution in [2.24, 2.45) is 4.99 Å². The third-order valence-corrected chi connectivity index (χ3v) is 8.18. The van der Waals surface area contributed by atoms with Crippen LogP contribution in [0.15, 0.2) is 188 Å². The molecule has 280 valence electrons. The molecule has 1 atom stereocenters. The lowest BCUT2D eigenvalue weighted by atomic mass is 10.1. The quantitative estimate of drug-likeness (QED) is 0.140. The average Bonchev–Trinajstić information content (AvgIpc) is 4.08. The molecule has 3 aromatic heterocycles. The highest BCUT2D eigenvalue weighted by Crippen LogP contribution is 2.17. The van der Waals surface area contributed by atoms with Gasteiger partial charge in [-0.3, -0.25) is 19.0 Å². The summed E-state index contributed by atoms with van der Waals surface area (Å²) in [5, 5.41) is 31.0. The van der Waals surface area contributed by atoms with Crippen molar-refractivity contribution in [3.05, 3.63) is 211 Å². The number of aromatic carboxylic acids is 1. The Morgan fingerprint density at radius 1 is 0.636 bits per heavy atom. The van der Waals surface area contributed by atoms with E-state index in [1.54, 1.807) is 43.0 Å². The number of nitrogens with zero attached hydrogens (tertiary/aromatic N) is 7. The topological polar surface area (TPSA) is 140 Å². The maximum Gasteiger partial charge on any atom is 0.354 e. The molecule has 2 N–H and O–H groups in total. The first-order valence-electron chi connectivity index (χ1n) is 17.3. The van der Waals surface area contributed by atoms with Gasteiger partial charge >= 0.3 is 11.9 Å². The molecule has 4 aromatic carbocycles. The van der Waals surface area contributed by atoms with Gasteiger partial charge in [-0.1, -0.05) is 143 Å². The van der Waals surface area contributed by atoms with Crippen molar-refractivity contribution in [1.29, 1.82) is 0 Å². The number of alkyl halides is 1. The van der Waals surface area contributed by atoms with Crippen molar-refractivity contribution in [2.45, 2.75) is 24.5 Å². The highest BCUT2D eigenvalue weighted by Gasteiger charge is 2.21. The second kappa shape index (κ2) is 23.8. The van der Waals surface area contributed by atoms with Crippen LogP contribution in [0.4, 0.5) is 0 Å². The van der Waals surface area contributed by atoms with Gasteiger partial charge in [-0.05, 0) is 46.5 Å². The molecule has 55 heavy (non-hydrogen) atoms. The molecule has 0 radical (unpaired) electrons. The van der Waals surface area contributed by atoms with Crippen LogP contribution in [0, 0.1) is 0 Å². The second-order valence-electron chi connectivity index (χ2n) is 11.6. The van der Waals surface area contributed by atoms with E-state index in [0.717, 1.165) is 24.0 Å². The number of aliphatic carboxylic acids is 1.